The number of ether oxygens (including phenoxy) is 2. The summed E-state index contributed by atoms with van der Waals surface area (Å²) in [5, 5.41) is 0.309. The summed E-state index contributed by atoms with van der Waals surface area (Å²) in [7, 11) is 1.28. The maximum atomic E-state index is 13.4. The second-order valence-electron chi connectivity index (χ2n) is 6.13. The topological polar surface area (TPSA) is 87.5 Å². The van der Waals surface area contributed by atoms with Gasteiger partial charge in [-0.3, -0.25) is 9.36 Å². The van der Waals surface area contributed by atoms with Crippen molar-refractivity contribution in [2.24, 2.45) is 0 Å². The average molecular weight is 400 g/mol. The van der Waals surface area contributed by atoms with Gasteiger partial charge in [-0.2, -0.15) is 0 Å². The Morgan fingerprint density at radius 2 is 1.89 bits per heavy atom. The summed E-state index contributed by atoms with van der Waals surface area (Å²) in [5.74, 6) is -0.705. The molecule has 1 atom stereocenters. The van der Waals surface area contributed by atoms with Gasteiger partial charge in [-0.05, 0) is 31.9 Å². The largest absolute Gasteiger partial charge is 0.467 e. The number of hydrogen-bond acceptors (Lipinski definition) is 7. The van der Waals surface area contributed by atoms with Crippen LogP contribution in [0.4, 0.5) is 0 Å². The van der Waals surface area contributed by atoms with E-state index in [1.54, 1.807) is 45.0 Å². The number of esters is 2. The highest BCUT2D eigenvalue weighted by atomic mass is 32.1. The van der Waals surface area contributed by atoms with Gasteiger partial charge in [-0.25, -0.2) is 14.6 Å². The number of aromatic nitrogens is 2. The Labute approximate surface area is 165 Å². The van der Waals surface area contributed by atoms with E-state index in [9.17, 15) is 14.4 Å². The zero-order valence-electron chi connectivity index (χ0n) is 16.0. The van der Waals surface area contributed by atoms with Crippen molar-refractivity contribution < 1.29 is 19.1 Å². The van der Waals surface area contributed by atoms with Gasteiger partial charge in [0.1, 0.15) is 15.5 Å². The first-order valence-corrected chi connectivity index (χ1v) is 9.54. The molecule has 0 radical (unpaired) electrons. The van der Waals surface area contributed by atoms with Crippen molar-refractivity contribution in [2.75, 3.05) is 13.7 Å². The molecule has 28 heavy (non-hydrogen) atoms. The average Bonchev–Trinajstić information content (AvgIpc) is 3.01. The SMILES string of the molecule is CCOC(=O)c1sc2nc(C)n(C(C(=O)OC)c3ccccc3)c(=O)c2c1C. The molecule has 1 aromatic carbocycles. The van der Waals surface area contributed by atoms with Gasteiger partial charge in [0.15, 0.2) is 6.04 Å². The molecule has 8 heteroatoms. The molecule has 0 N–H and O–H groups in total. The minimum Gasteiger partial charge on any atom is -0.467 e. The Balaban J connectivity index is 2.29. The minimum atomic E-state index is -0.971. The monoisotopic (exact) mass is 400 g/mol. The molecule has 0 fully saturated rings. The van der Waals surface area contributed by atoms with Crippen LogP contribution in [0.2, 0.25) is 0 Å². The molecule has 1 unspecified atom stereocenters. The maximum absolute atomic E-state index is 13.4. The van der Waals surface area contributed by atoms with E-state index in [4.69, 9.17) is 9.47 Å². The van der Waals surface area contributed by atoms with Crippen molar-refractivity contribution in [3.8, 4) is 0 Å². The Morgan fingerprint density at radius 3 is 2.50 bits per heavy atom. The summed E-state index contributed by atoms with van der Waals surface area (Å²) in [6, 6.07) is 7.92. The van der Waals surface area contributed by atoms with Crippen LogP contribution >= 0.6 is 11.3 Å². The third-order valence-electron chi connectivity index (χ3n) is 4.43. The first-order chi connectivity index (χ1) is 13.4. The van der Waals surface area contributed by atoms with Crippen LogP contribution in [0.1, 0.15) is 39.6 Å². The Morgan fingerprint density at radius 1 is 1.21 bits per heavy atom. The molecule has 0 amide bonds. The molecule has 0 saturated carbocycles. The lowest BCUT2D eigenvalue weighted by atomic mass is 10.1. The molecule has 146 valence electrons. The van der Waals surface area contributed by atoms with Gasteiger partial charge in [-0.15, -0.1) is 11.3 Å². The summed E-state index contributed by atoms with van der Waals surface area (Å²) in [5.41, 5.74) is 0.714. The molecular formula is C20H20N2O5S. The third-order valence-corrected chi connectivity index (χ3v) is 5.60. The fourth-order valence-electron chi connectivity index (χ4n) is 3.13. The highest BCUT2D eigenvalue weighted by molar-refractivity contribution is 7.20. The molecule has 0 spiro atoms. The predicted octanol–water partition coefficient (Wildman–Crippen LogP) is 3.01. The predicted molar refractivity (Wildman–Crippen MR) is 106 cm³/mol. The number of carbonyl (C=O) groups is 2. The highest BCUT2D eigenvalue weighted by Gasteiger charge is 2.29. The van der Waals surface area contributed by atoms with Crippen molar-refractivity contribution in [1.82, 2.24) is 9.55 Å². The van der Waals surface area contributed by atoms with Crippen molar-refractivity contribution in [1.29, 1.82) is 0 Å². The molecule has 0 aliphatic heterocycles. The van der Waals surface area contributed by atoms with E-state index >= 15 is 0 Å². The normalized spacial score (nSPS) is 12.0. The molecule has 2 aromatic heterocycles. The van der Waals surface area contributed by atoms with E-state index in [0.29, 0.717) is 32.0 Å². The summed E-state index contributed by atoms with van der Waals surface area (Å²) >= 11 is 1.12. The standard InChI is InChI=1S/C20H20N2O5S/c1-5-27-20(25)16-11(2)14-17(28-16)21-12(3)22(18(14)23)15(19(24)26-4)13-9-7-6-8-10-13/h6-10,15H,5H2,1-4H3. The third kappa shape index (κ3) is 3.31. The second kappa shape index (κ2) is 7.93. The van der Waals surface area contributed by atoms with Gasteiger partial charge in [0.2, 0.25) is 0 Å². The number of aryl methyl sites for hydroxylation is 2. The minimum absolute atomic E-state index is 0.238. The van der Waals surface area contributed by atoms with E-state index in [1.807, 2.05) is 6.07 Å². The number of benzene rings is 1. The van der Waals surface area contributed by atoms with Crippen LogP contribution in [0.3, 0.4) is 0 Å². The fraction of sp³-hybridized carbons (Fsp3) is 0.300. The van der Waals surface area contributed by atoms with Crippen LogP contribution in [-0.2, 0) is 14.3 Å². The molecular weight excluding hydrogens is 380 g/mol. The van der Waals surface area contributed by atoms with Crippen LogP contribution in [0.5, 0.6) is 0 Å². The summed E-state index contributed by atoms with van der Waals surface area (Å²) in [4.78, 5) is 43.4. The van der Waals surface area contributed by atoms with Crippen molar-refractivity contribution in [2.45, 2.75) is 26.8 Å². The zero-order chi connectivity index (χ0) is 20.4. The van der Waals surface area contributed by atoms with Gasteiger partial charge in [0.25, 0.3) is 5.56 Å². The summed E-state index contributed by atoms with van der Waals surface area (Å²) in [6.45, 7) is 5.29. The fourth-order valence-corrected chi connectivity index (χ4v) is 4.24. The smallest absolute Gasteiger partial charge is 0.348 e. The number of rotatable bonds is 5. The number of nitrogens with zero attached hydrogens (tertiary/aromatic N) is 2. The van der Waals surface area contributed by atoms with Gasteiger partial charge in [0.05, 0.1) is 19.1 Å². The highest BCUT2D eigenvalue weighted by Crippen LogP contribution is 2.29. The number of thiophene rings is 1. The first kappa shape index (κ1) is 19.8. The number of hydrogen-bond donors (Lipinski definition) is 0. The van der Waals surface area contributed by atoms with Gasteiger partial charge in [0, 0.05) is 0 Å². The van der Waals surface area contributed by atoms with E-state index in [1.165, 1.54) is 11.7 Å². The molecule has 3 rings (SSSR count). The quantitative estimate of drug-likeness (QED) is 0.612. The van der Waals surface area contributed by atoms with Crippen molar-refractivity contribution in [3.63, 3.8) is 0 Å². The first-order valence-electron chi connectivity index (χ1n) is 8.72. The van der Waals surface area contributed by atoms with Gasteiger partial charge in [-0.1, -0.05) is 30.3 Å². The molecule has 7 nitrogen and oxygen atoms in total. The molecule has 0 bridgehead atoms. The summed E-state index contributed by atoms with van der Waals surface area (Å²) in [6.07, 6.45) is 0. The number of carbonyl (C=O) groups excluding carboxylic acids is 2. The lowest BCUT2D eigenvalue weighted by molar-refractivity contribution is -0.143. The lowest BCUT2D eigenvalue weighted by Gasteiger charge is -2.20. The zero-order valence-corrected chi connectivity index (χ0v) is 16.8. The Kier molecular flexibility index (Phi) is 5.60. The van der Waals surface area contributed by atoms with Gasteiger partial charge >= 0.3 is 11.9 Å². The van der Waals surface area contributed by atoms with E-state index in [-0.39, 0.29) is 6.61 Å². The van der Waals surface area contributed by atoms with Crippen LogP contribution < -0.4 is 5.56 Å². The lowest BCUT2D eigenvalue weighted by Crippen LogP contribution is -2.34. The van der Waals surface area contributed by atoms with Crippen LogP contribution in [-0.4, -0.2) is 35.2 Å². The Hall–Kier alpha value is -3.00. The van der Waals surface area contributed by atoms with E-state index in [2.05, 4.69) is 4.98 Å². The molecule has 0 aliphatic rings. The molecule has 0 aliphatic carbocycles. The summed E-state index contributed by atoms with van der Waals surface area (Å²) < 4.78 is 11.3. The maximum Gasteiger partial charge on any atom is 0.348 e. The molecule has 0 saturated heterocycles. The molecule has 2 heterocycles. The van der Waals surface area contributed by atoms with Crippen LogP contribution in [0.15, 0.2) is 35.1 Å². The van der Waals surface area contributed by atoms with Crippen molar-refractivity contribution >= 4 is 33.5 Å². The van der Waals surface area contributed by atoms with Crippen LogP contribution in [0.25, 0.3) is 10.2 Å². The number of methoxy groups -OCH3 is 1. The second-order valence-corrected chi connectivity index (χ2v) is 7.13. The number of fused-ring (bicyclic) bond motifs is 1. The van der Waals surface area contributed by atoms with E-state index in [0.717, 1.165) is 11.3 Å². The van der Waals surface area contributed by atoms with Crippen LogP contribution in [0, 0.1) is 13.8 Å². The van der Waals surface area contributed by atoms with Gasteiger partial charge < -0.3 is 9.47 Å². The Bertz CT molecular complexity index is 1100. The van der Waals surface area contributed by atoms with Crippen molar-refractivity contribution in [3.05, 3.63) is 62.5 Å². The van der Waals surface area contributed by atoms with E-state index < -0.39 is 23.5 Å². The molecule has 3 aromatic rings.